The molecule has 0 aromatic carbocycles. The van der Waals surface area contributed by atoms with Crippen molar-refractivity contribution >= 4 is 0 Å². The second-order valence-electron chi connectivity index (χ2n) is 6.69. The lowest BCUT2D eigenvalue weighted by atomic mass is 9.89. The lowest BCUT2D eigenvalue weighted by Gasteiger charge is -2.29. The van der Waals surface area contributed by atoms with Gasteiger partial charge >= 0.3 is 0 Å². The molecule has 2 bridgehead atoms. The van der Waals surface area contributed by atoms with E-state index in [0.29, 0.717) is 0 Å². The number of nitrogens with one attached hydrogen (secondary N) is 2. The molecule has 100 valence electrons. The Balaban J connectivity index is 1.56. The van der Waals surface area contributed by atoms with Crippen molar-refractivity contribution in [1.82, 2.24) is 10.6 Å². The van der Waals surface area contributed by atoms with Gasteiger partial charge in [0.1, 0.15) is 0 Å². The van der Waals surface area contributed by atoms with E-state index in [-0.39, 0.29) is 0 Å². The summed E-state index contributed by atoms with van der Waals surface area (Å²) in [6.45, 7) is 9.40. The highest BCUT2D eigenvalue weighted by molar-refractivity contribution is 4.91. The second-order valence-corrected chi connectivity index (χ2v) is 6.69. The van der Waals surface area contributed by atoms with Gasteiger partial charge in [0.05, 0.1) is 0 Å². The third-order valence-corrected chi connectivity index (χ3v) is 4.90. The van der Waals surface area contributed by atoms with Crippen LogP contribution in [0.15, 0.2) is 0 Å². The van der Waals surface area contributed by atoms with Crippen LogP contribution < -0.4 is 10.6 Å². The molecule has 0 amide bonds. The van der Waals surface area contributed by atoms with Gasteiger partial charge in [-0.15, -0.1) is 0 Å². The Bertz CT molecular complexity index is 215. The van der Waals surface area contributed by atoms with Gasteiger partial charge in [0.15, 0.2) is 0 Å². The van der Waals surface area contributed by atoms with Gasteiger partial charge in [-0.05, 0) is 62.9 Å². The average molecular weight is 238 g/mol. The van der Waals surface area contributed by atoms with E-state index < -0.39 is 0 Å². The summed E-state index contributed by atoms with van der Waals surface area (Å²) in [6, 6.07) is 1.71. The van der Waals surface area contributed by atoms with Crippen LogP contribution in [0.3, 0.4) is 0 Å². The summed E-state index contributed by atoms with van der Waals surface area (Å²) in [5, 5.41) is 7.37. The zero-order chi connectivity index (χ0) is 12.3. The Labute approximate surface area is 107 Å². The molecule has 17 heavy (non-hydrogen) atoms. The molecule has 2 nitrogen and oxygen atoms in total. The van der Waals surface area contributed by atoms with Crippen LogP contribution in [-0.4, -0.2) is 25.2 Å². The summed E-state index contributed by atoms with van der Waals surface area (Å²) in [7, 11) is 0. The van der Waals surface area contributed by atoms with Gasteiger partial charge in [-0.2, -0.15) is 0 Å². The van der Waals surface area contributed by atoms with Crippen LogP contribution in [0.1, 0.15) is 52.9 Å². The lowest BCUT2D eigenvalue weighted by molar-refractivity contribution is 0.280. The fourth-order valence-corrected chi connectivity index (χ4v) is 3.28. The van der Waals surface area contributed by atoms with E-state index in [1.54, 1.807) is 0 Å². The molecule has 3 unspecified atom stereocenters. The summed E-state index contributed by atoms with van der Waals surface area (Å²) < 4.78 is 0. The van der Waals surface area contributed by atoms with Crippen molar-refractivity contribution in [1.29, 1.82) is 0 Å². The number of fused-ring (bicyclic) bond motifs is 2. The van der Waals surface area contributed by atoms with Crippen LogP contribution in [-0.2, 0) is 0 Å². The molecule has 2 rings (SSSR count). The lowest BCUT2D eigenvalue weighted by Crippen LogP contribution is -2.39. The van der Waals surface area contributed by atoms with Crippen molar-refractivity contribution in [2.24, 2.45) is 17.8 Å². The molecule has 2 heteroatoms. The van der Waals surface area contributed by atoms with Crippen LogP contribution >= 0.6 is 0 Å². The molecule has 2 heterocycles. The molecular weight excluding hydrogens is 208 g/mol. The molecule has 2 aliphatic rings. The molecule has 3 atom stereocenters. The number of piperidine rings is 1. The zero-order valence-corrected chi connectivity index (χ0v) is 11.8. The molecule has 0 aromatic rings. The van der Waals surface area contributed by atoms with Crippen molar-refractivity contribution in [3.8, 4) is 0 Å². The highest BCUT2D eigenvalue weighted by atomic mass is 15.0. The Morgan fingerprint density at radius 2 is 1.76 bits per heavy atom. The molecule has 0 aromatic heterocycles. The quantitative estimate of drug-likeness (QED) is 0.695. The third-order valence-electron chi connectivity index (χ3n) is 4.90. The molecule has 0 saturated carbocycles. The Morgan fingerprint density at radius 3 is 2.35 bits per heavy atom. The Hall–Kier alpha value is -0.0800. The van der Waals surface area contributed by atoms with Crippen molar-refractivity contribution in [2.75, 3.05) is 13.1 Å². The summed E-state index contributed by atoms with van der Waals surface area (Å²) in [4.78, 5) is 0. The summed E-state index contributed by atoms with van der Waals surface area (Å²) in [5.41, 5.74) is 0. The first-order valence-corrected chi connectivity index (χ1v) is 7.62. The average Bonchev–Trinajstić information content (AvgIpc) is 2.63. The minimum atomic E-state index is 0.803. The van der Waals surface area contributed by atoms with Gasteiger partial charge < -0.3 is 10.6 Å². The van der Waals surface area contributed by atoms with E-state index in [9.17, 15) is 0 Å². The minimum Gasteiger partial charge on any atom is -0.316 e. The minimum absolute atomic E-state index is 0.803. The maximum Gasteiger partial charge on any atom is 0.00728 e. The van der Waals surface area contributed by atoms with Crippen LogP contribution in [0.4, 0.5) is 0 Å². The van der Waals surface area contributed by atoms with E-state index in [0.717, 1.165) is 29.8 Å². The summed E-state index contributed by atoms with van der Waals surface area (Å²) in [5.74, 6) is 2.59. The molecule has 2 aliphatic heterocycles. The fourth-order valence-electron chi connectivity index (χ4n) is 3.28. The van der Waals surface area contributed by atoms with E-state index >= 15 is 0 Å². The van der Waals surface area contributed by atoms with E-state index in [1.165, 1.54) is 45.2 Å². The topological polar surface area (TPSA) is 24.1 Å². The van der Waals surface area contributed by atoms with Crippen LogP contribution in [0, 0.1) is 17.8 Å². The maximum atomic E-state index is 3.72. The highest BCUT2D eigenvalue weighted by Crippen LogP contribution is 2.32. The first kappa shape index (κ1) is 13.4. The van der Waals surface area contributed by atoms with Crippen molar-refractivity contribution in [3.63, 3.8) is 0 Å². The monoisotopic (exact) mass is 238 g/mol. The largest absolute Gasteiger partial charge is 0.316 e. The molecule has 2 fully saturated rings. The molecule has 2 N–H and O–H groups in total. The van der Waals surface area contributed by atoms with E-state index in [4.69, 9.17) is 0 Å². The predicted octanol–water partition coefficient (Wildman–Crippen LogP) is 2.79. The SMILES string of the molecule is CC(C)C(C)CNCCC1CC2CCC(C1)N2. The van der Waals surface area contributed by atoms with E-state index in [1.807, 2.05) is 0 Å². The van der Waals surface area contributed by atoms with E-state index in [2.05, 4.69) is 31.4 Å². The Kier molecular flexibility index (Phi) is 4.87. The molecule has 0 spiro atoms. The van der Waals surface area contributed by atoms with Gasteiger partial charge in [0, 0.05) is 12.1 Å². The van der Waals surface area contributed by atoms with Gasteiger partial charge in [0.2, 0.25) is 0 Å². The smallest absolute Gasteiger partial charge is 0.00728 e. The highest BCUT2D eigenvalue weighted by Gasteiger charge is 2.32. The standard InChI is InChI=1S/C15H30N2/c1-11(2)12(3)10-16-7-6-13-8-14-4-5-15(9-13)17-14/h11-17H,4-10H2,1-3H3. The molecular formula is C15H30N2. The third kappa shape index (κ3) is 3.96. The second kappa shape index (κ2) is 6.19. The maximum absolute atomic E-state index is 3.72. The van der Waals surface area contributed by atoms with Crippen molar-refractivity contribution < 1.29 is 0 Å². The van der Waals surface area contributed by atoms with Gasteiger partial charge in [0.25, 0.3) is 0 Å². The summed E-state index contributed by atoms with van der Waals surface area (Å²) >= 11 is 0. The summed E-state index contributed by atoms with van der Waals surface area (Å²) in [6.07, 6.45) is 7.10. The van der Waals surface area contributed by atoms with Crippen molar-refractivity contribution in [2.45, 2.75) is 65.0 Å². The molecule has 0 aliphatic carbocycles. The van der Waals surface area contributed by atoms with Crippen LogP contribution in [0.2, 0.25) is 0 Å². The first-order valence-electron chi connectivity index (χ1n) is 7.62. The normalized spacial score (nSPS) is 34.2. The first-order chi connectivity index (χ1) is 8.15. The van der Waals surface area contributed by atoms with Crippen LogP contribution in [0.5, 0.6) is 0 Å². The molecule has 0 radical (unpaired) electrons. The number of rotatable bonds is 6. The van der Waals surface area contributed by atoms with Gasteiger partial charge in [-0.1, -0.05) is 20.8 Å². The zero-order valence-electron chi connectivity index (χ0n) is 11.8. The fraction of sp³-hybridized carbons (Fsp3) is 1.00. The predicted molar refractivity (Wildman–Crippen MR) is 74.2 cm³/mol. The van der Waals surface area contributed by atoms with Gasteiger partial charge in [-0.25, -0.2) is 0 Å². The van der Waals surface area contributed by atoms with Gasteiger partial charge in [-0.3, -0.25) is 0 Å². The number of hydrogen-bond donors (Lipinski definition) is 2. The number of hydrogen-bond acceptors (Lipinski definition) is 2. The van der Waals surface area contributed by atoms with Crippen molar-refractivity contribution in [3.05, 3.63) is 0 Å². The Morgan fingerprint density at radius 1 is 1.12 bits per heavy atom. The molecule has 2 saturated heterocycles. The van der Waals surface area contributed by atoms with Crippen LogP contribution in [0.25, 0.3) is 0 Å².